The van der Waals surface area contributed by atoms with Crippen molar-refractivity contribution in [1.82, 2.24) is 20.4 Å². The zero-order valence-corrected chi connectivity index (χ0v) is 32.8. The van der Waals surface area contributed by atoms with Gasteiger partial charge >= 0.3 is 0 Å². The summed E-state index contributed by atoms with van der Waals surface area (Å²) in [7, 11) is 0. The summed E-state index contributed by atoms with van der Waals surface area (Å²) in [6.07, 6.45) is 6.55. The van der Waals surface area contributed by atoms with Crippen LogP contribution in [0, 0.1) is 12.5 Å². The van der Waals surface area contributed by atoms with Crippen LogP contribution in [0.25, 0.3) is 4.85 Å². The highest BCUT2D eigenvalue weighted by Gasteiger charge is 2.44. The Bertz CT molecular complexity index is 2090. The van der Waals surface area contributed by atoms with Gasteiger partial charge in [0.15, 0.2) is 0 Å². The molecule has 3 aromatic rings. The van der Waals surface area contributed by atoms with Crippen molar-refractivity contribution in [3.8, 4) is 5.75 Å². The maximum Gasteiger partial charge on any atom is 0.262 e. The van der Waals surface area contributed by atoms with E-state index in [1.807, 2.05) is 24.3 Å². The molecule has 1 aliphatic carbocycles. The predicted octanol–water partition coefficient (Wildman–Crippen LogP) is 6.44. The van der Waals surface area contributed by atoms with Gasteiger partial charge < -0.3 is 25.2 Å². The van der Waals surface area contributed by atoms with Crippen molar-refractivity contribution < 1.29 is 23.9 Å². The molecule has 2 N–H and O–H groups in total. The number of carbonyl (C=O) groups is 4. The molecule has 5 aliphatic rings. The molecule has 12 nitrogen and oxygen atoms in total. The summed E-state index contributed by atoms with van der Waals surface area (Å²) >= 11 is 6.17. The number of nitrogens with zero attached hydrogens (tertiary/aromatic N) is 5. The summed E-state index contributed by atoms with van der Waals surface area (Å²) < 4.78 is 6.11. The van der Waals surface area contributed by atoms with Crippen LogP contribution in [0.15, 0.2) is 72.9 Å². The van der Waals surface area contributed by atoms with Crippen LogP contribution in [0.4, 0.5) is 17.1 Å². The summed E-state index contributed by atoms with van der Waals surface area (Å²) in [5.74, 6) is 0.0759. The summed E-state index contributed by atoms with van der Waals surface area (Å²) in [4.78, 5) is 64.0. The summed E-state index contributed by atoms with van der Waals surface area (Å²) in [6, 6.07) is 17.9. The lowest BCUT2D eigenvalue weighted by atomic mass is 9.92. The number of nitrogens with one attached hydrogen (secondary N) is 2. The number of anilines is 2. The molecule has 4 heterocycles. The Morgan fingerprint density at radius 2 is 1.51 bits per heavy atom. The minimum Gasteiger partial charge on any atom is -0.490 e. The van der Waals surface area contributed by atoms with Crippen LogP contribution in [-0.2, 0) is 4.79 Å². The van der Waals surface area contributed by atoms with Crippen molar-refractivity contribution in [3.63, 3.8) is 0 Å². The van der Waals surface area contributed by atoms with Crippen LogP contribution < -0.4 is 25.2 Å². The van der Waals surface area contributed by atoms with Crippen LogP contribution in [0.2, 0.25) is 5.02 Å². The Morgan fingerprint density at radius 1 is 0.825 bits per heavy atom. The quantitative estimate of drug-likeness (QED) is 0.188. The van der Waals surface area contributed by atoms with E-state index in [2.05, 4.69) is 48.9 Å². The van der Waals surface area contributed by atoms with Gasteiger partial charge in [-0.15, -0.1) is 0 Å². The lowest BCUT2D eigenvalue weighted by Crippen LogP contribution is -2.51. The first-order valence-electron chi connectivity index (χ1n) is 20.1. The number of halogens is 1. The first-order valence-corrected chi connectivity index (χ1v) is 20.5. The monoisotopic (exact) mass is 789 g/mol. The Balaban J connectivity index is 0.753. The second-order valence-electron chi connectivity index (χ2n) is 15.9. The van der Waals surface area contributed by atoms with Crippen LogP contribution >= 0.6 is 11.6 Å². The average molecular weight is 790 g/mol. The molecule has 57 heavy (non-hydrogen) atoms. The number of carbonyl (C=O) groups excluding carboxylic acids is 4. The van der Waals surface area contributed by atoms with Gasteiger partial charge in [-0.2, -0.15) is 0 Å². The standard InChI is InChI=1S/C44H48ClN7O5/c1-28-3-16-40(42(54)47-28)52-43(55)36-14-10-33(25-37(36)44(52)56)51-23-21-49(22-24-51)27-29-17-19-50(20-18-29)32-8-4-30(5-9-32)41(53)48-31-6-11-34(12-7-31)57-35-13-15-39(46-2)38(45)26-35/h4-5,8-10,13-15,25-26,29,31,34,40H,1,3,6-7,11-12,16-24,27H2,(H,47,54)(H,48,53). The van der Waals surface area contributed by atoms with Gasteiger partial charge in [0.05, 0.1) is 28.8 Å². The van der Waals surface area contributed by atoms with E-state index in [1.54, 1.807) is 24.3 Å². The van der Waals surface area contributed by atoms with Gasteiger partial charge in [0.2, 0.25) is 11.6 Å². The number of allylic oxidation sites excluding steroid dienone is 1. The SMILES string of the molecule is [C-]#[N+]c1ccc(OC2CCC(NC(=O)c3ccc(N4CCC(CN5CCN(c6ccc7c(c6)C(=O)N(C6CCC(=C)NC6=O)C7=O)CC5)CC4)cc3)CC2)cc1Cl. The number of benzene rings is 3. The molecule has 0 aromatic heterocycles. The second kappa shape index (κ2) is 16.6. The van der Waals surface area contributed by atoms with Gasteiger partial charge in [-0.05, 0) is 112 Å². The Hall–Kier alpha value is -5.38. The number of hydrogen-bond acceptors (Lipinski definition) is 8. The lowest BCUT2D eigenvalue weighted by Gasteiger charge is -2.40. The fourth-order valence-corrected chi connectivity index (χ4v) is 9.14. The molecule has 296 valence electrons. The van der Waals surface area contributed by atoms with Gasteiger partial charge in [-0.3, -0.25) is 29.0 Å². The number of imide groups is 1. The van der Waals surface area contributed by atoms with Crippen LogP contribution in [0.5, 0.6) is 5.75 Å². The Morgan fingerprint density at radius 3 is 2.19 bits per heavy atom. The molecule has 4 fully saturated rings. The zero-order chi connectivity index (χ0) is 39.6. The normalized spacial score (nSPS) is 23.2. The molecule has 0 spiro atoms. The van der Waals surface area contributed by atoms with Gasteiger partial charge in [0, 0.05) is 74.5 Å². The molecule has 4 aliphatic heterocycles. The van der Waals surface area contributed by atoms with E-state index in [-0.39, 0.29) is 24.0 Å². The highest BCUT2D eigenvalue weighted by molar-refractivity contribution is 6.33. The van der Waals surface area contributed by atoms with E-state index in [9.17, 15) is 19.2 Å². The van der Waals surface area contributed by atoms with E-state index < -0.39 is 17.9 Å². The lowest BCUT2D eigenvalue weighted by molar-refractivity contribution is -0.125. The number of rotatable bonds is 9. The van der Waals surface area contributed by atoms with Crippen molar-refractivity contribution in [2.75, 3.05) is 55.6 Å². The highest BCUT2D eigenvalue weighted by atomic mass is 35.5. The van der Waals surface area contributed by atoms with E-state index >= 15 is 0 Å². The Kier molecular flexibility index (Phi) is 11.2. The molecule has 8 rings (SSSR count). The van der Waals surface area contributed by atoms with E-state index in [1.165, 1.54) is 0 Å². The third kappa shape index (κ3) is 8.36. The van der Waals surface area contributed by atoms with E-state index in [0.29, 0.717) is 57.6 Å². The number of ether oxygens (including phenoxy) is 1. The molecule has 4 amide bonds. The zero-order valence-electron chi connectivity index (χ0n) is 32.1. The number of fused-ring (bicyclic) bond motifs is 1. The number of piperazine rings is 1. The first-order chi connectivity index (χ1) is 27.6. The fraction of sp³-hybridized carbons (Fsp3) is 0.432. The molecule has 13 heteroatoms. The van der Waals surface area contributed by atoms with Crippen molar-refractivity contribution in [3.05, 3.63) is 106 Å². The van der Waals surface area contributed by atoms with Crippen LogP contribution in [0.3, 0.4) is 0 Å². The van der Waals surface area contributed by atoms with Crippen LogP contribution in [-0.4, -0.2) is 97.4 Å². The van der Waals surface area contributed by atoms with Gasteiger partial charge in [0.25, 0.3) is 17.7 Å². The number of hydrogen-bond donors (Lipinski definition) is 2. The molecule has 1 unspecified atom stereocenters. The molecule has 1 saturated carbocycles. The average Bonchev–Trinajstić information content (AvgIpc) is 3.47. The van der Waals surface area contributed by atoms with Gasteiger partial charge in [-0.25, -0.2) is 4.85 Å². The molecule has 0 bridgehead atoms. The van der Waals surface area contributed by atoms with E-state index in [4.69, 9.17) is 22.9 Å². The Labute approximate surface area is 338 Å². The van der Waals surface area contributed by atoms with Crippen molar-refractivity contribution >= 4 is 52.3 Å². The summed E-state index contributed by atoms with van der Waals surface area (Å²) in [6.45, 7) is 17.5. The number of amides is 4. The van der Waals surface area contributed by atoms with Crippen LogP contribution in [0.1, 0.15) is 82.4 Å². The largest absolute Gasteiger partial charge is 0.490 e. The minimum absolute atomic E-state index is 0.0464. The molecular formula is C44H48ClN7O5. The summed E-state index contributed by atoms with van der Waals surface area (Å²) in [5.41, 5.74) is 4.50. The predicted molar refractivity (Wildman–Crippen MR) is 219 cm³/mol. The van der Waals surface area contributed by atoms with E-state index in [0.717, 1.165) is 101 Å². The van der Waals surface area contributed by atoms with Crippen molar-refractivity contribution in [1.29, 1.82) is 0 Å². The molecule has 0 radical (unpaired) electrons. The first kappa shape index (κ1) is 38.5. The third-order valence-electron chi connectivity index (χ3n) is 12.3. The second-order valence-corrected chi connectivity index (χ2v) is 16.3. The third-order valence-corrected chi connectivity index (χ3v) is 12.6. The topological polar surface area (TPSA) is 119 Å². The molecule has 3 saturated heterocycles. The van der Waals surface area contributed by atoms with Crippen molar-refractivity contribution in [2.45, 2.75) is 69.6 Å². The van der Waals surface area contributed by atoms with Gasteiger partial charge in [0.1, 0.15) is 11.8 Å². The minimum atomic E-state index is -0.810. The maximum atomic E-state index is 13.4. The fourth-order valence-electron chi connectivity index (χ4n) is 8.92. The number of piperidine rings is 2. The molecule has 3 aromatic carbocycles. The molecular weight excluding hydrogens is 742 g/mol. The maximum absolute atomic E-state index is 13.4. The smallest absolute Gasteiger partial charge is 0.262 e. The van der Waals surface area contributed by atoms with Gasteiger partial charge in [-0.1, -0.05) is 24.2 Å². The molecule has 1 atom stereocenters. The van der Waals surface area contributed by atoms with Crippen molar-refractivity contribution in [2.24, 2.45) is 5.92 Å². The highest BCUT2D eigenvalue weighted by Crippen LogP contribution is 2.34. The summed E-state index contributed by atoms with van der Waals surface area (Å²) in [5, 5.41) is 6.30.